The van der Waals surface area contributed by atoms with Gasteiger partial charge in [-0.05, 0) is 51.2 Å². The van der Waals surface area contributed by atoms with Gasteiger partial charge >= 0.3 is 0 Å². The number of nitrogens with zero attached hydrogens (tertiary/aromatic N) is 1. The molecular weight excluding hydrogens is 208 g/mol. The minimum atomic E-state index is 0.743. The number of piperidine rings is 1. The van der Waals surface area contributed by atoms with Crippen LogP contribution in [0, 0.1) is 5.92 Å². The summed E-state index contributed by atoms with van der Waals surface area (Å²) >= 11 is 0. The smallest absolute Gasteiger partial charge is 0.0197 e. The van der Waals surface area contributed by atoms with Gasteiger partial charge < -0.3 is 10.2 Å². The molecule has 1 saturated heterocycles. The maximum absolute atomic E-state index is 3.69. The van der Waals surface area contributed by atoms with E-state index in [4.69, 9.17) is 0 Å². The maximum atomic E-state index is 3.69. The first-order chi connectivity index (χ1) is 8.26. The Labute approximate surface area is 108 Å². The highest BCUT2D eigenvalue weighted by Gasteiger charge is 2.20. The lowest BCUT2D eigenvalue weighted by molar-refractivity contribution is 0.201. The molecule has 0 bridgehead atoms. The van der Waals surface area contributed by atoms with Crippen LogP contribution in [0.1, 0.15) is 59.3 Å². The summed E-state index contributed by atoms with van der Waals surface area (Å²) in [5.41, 5.74) is 0. The van der Waals surface area contributed by atoms with E-state index in [1.54, 1.807) is 0 Å². The first-order valence-corrected chi connectivity index (χ1v) is 7.72. The predicted molar refractivity (Wildman–Crippen MR) is 76.4 cm³/mol. The summed E-state index contributed by atoms with van der Waals surface area (Å²) in [6.07, 6.45) is 8.07. The molecule has 2 heteroatoms. The molecule has 2 atom stereocenters. The third-order valence-electron chi connectivity index (χ3n) is 3.89. The van der Waals surface area contributed by atoms with E-state index < -0.39 is 0 Å². The minimum Gasteiger partial charge on any atom is -0.313 e. The van der Waals surface area contributed by atoms with E-state index in [-0.39, 0.29) is 0 Å². The highest BCUT2D eigenvalue weighted by Crippen LogP contribution is 2.16. The van der Waals surface area contributed by atoms with Crippen molar-refractivity contribution >= 4 is 0 Å². The fourth-order valence-electron chi connectivity index (χ4n) is 2.73. The van der Waals surface area contributed by atoms with Crippen LogP contribution in [0.2, 0.25) is 0 Å². The van der Waals surface area contributed by atoms with Gasteiger partial charge in [0.25, 0.3) is 0 Å². The van der Waals surface area contributed by atoms with Crippen molar-refractivity contribution in [2.45, 2.75) is 65.3 Å². The Balaban J connectivity index is 2.29. The Kier molecular flexibility index (Phi) is 7.87. The molecule has 0 aromatic carbocycles. The molecule has 0 aliphatic carbocycles. The van der Waals surface area contributed by atoms with Gasteiger partial charge in [-0.1, -0.05) is 33.6 Å². The van der Waals surface area contributed by atoms with Crippen LogP contribution in [-0.2, 0) is 0 Å². The van der Waals surface area contributed by atoms with Gasteiger partial charge in [0.05, 0.1) is 0 Å². The molecule has 0 spiro atoms. The lowest BCUT2D eigenvalue weighted by Crippen LogP contribution is -2.46. The third kappa shape index (κ3) is 6.42. The molecule has 102 valence electrons. The summed E-state index contributed by atoms with van der Waals surface area (Å²) in [5.74, 6) is 0.917. The molecule has 1 heterocycles. The third-order valence-corrected chi connectivity index (χ3v) is 3.89. The first kappa shape index (κ1) is 15.0. The van der Waals surface area contributed by atoms with E-state index in [0.717, 1.165) is 12.0 Å². The molecule has 0 saturated carbocycles. The van der Waals surface area contributed by atoms with Gasteiger partial charge in [0.15, 0.2) is 0 Å². The zero-order chi connectivity index (χ0) is 12.5. The Bertz CT molecular complexity index is 174. The maximum Gasteiger partial charge on any atom is 0.0197 e. The topological polar surface area (TPSA) is 15.3 Å². The van der Waals surface area contributed by atoms with Gasteiger partial charge in [0.2, 0.25) is 0 Å². The van der Waals surface area contributed by atoms with Crippen LogP contribution in [0.5, 0.6) is 0 Å². The Hall–Kier alpha value is -0.0800. The SMILES string of the molecule is CCCCN(CCCC)CC1CC(C)CCN1. The molecule has 2 unspecified atom stereocenters. The van der Waals surface area contributed by atoms with Gasteiger partial charge in [-0.25, -0.2) is 0 Å². The summed E-state index contributed by atoms with van der Waals surface area (Å²) in [5, 5.41) is 3.69. The summed E-state index contributed by atoms with van der Waals surface area (Å²) < 4.78 is 0. The Morgan fingerprint density at radius 2 is 1.76 bits per heavy atom. The van der Waals surface area contributed by atoms with Crippen LogP contribution in [0.3, 0.4) is 0 Å². The van der Waals surface area contributed by atoms with Gasteiger partial charge in [0.1, 0.15) is 0 Å². The largest absolute Gasteiger partial charge is 0.313 e. The first-order valence-electron chi connectivity index (χ1n) is 7.72. The second kappa shape index (κ2) is 8.93. The zero-order valence-corrected chi connectivity index (χ0v) is 12.2. The second-order valence-corrected chi connectivity index (χ2v) is 5.79. The van der Waals surface area contributed by atoms with Crippen molar-refractivity contribution < 1.29 is 0 Å². The molecule has 1 aliphatic rings. The van der Waals surface area contributed by atoms with Crippen LogP contribution in [0.25, 0.3) is 0 Å². The Morgan fingerprint density at radius 3 is 2.29 bits per heavy atom. The fourth-order valence-corrected chi connectivity index (χ4v) is 2.73. The normalized spacial score (nSPS) is 25.4. The van der Waals surface area contributed by atoms with E-state index in [1.807, 2.05) is 0 Å². The number of hydrogen-bond acceptors (Lipinski definition) is 2. The highest BCUT2D eigenvalue weighted by atomic mass is 15.1. The number of hydrogen-bond donors (Lipinski definition) is 1. The van der Waals surface area contributed by atoms with Gasteiger partial charge in [-0.15, -0.1) is 0 Å². The molecule has 1 aliphatic heterocycles. The molecule has 1 fully saturated rings. The quantitative estimate of drug-likeness (QED) is 0.700. The summed E-state index contributed by atoms with van der Waals surface area (Å²) in [7, 11) is 0. The van der Waals surface area contributed by atoms with Crippen molar-refractivity contribution in [3.63, 3.8) is 0 Å². The summed E-state index contributed by atoms with van der Waals surface area (Å²) in [6.45, 7) is 12.1. The van der Waals surface area contributed by atoms with E-state index >= 15 is 0 Å². The molecule has 0 aromatic heterocycles. The van der Waals surface area contributed by atoms with Crippen molar-refractivity contribution in [3.05, 3.63) is 0 Å². The lowest BCUT2D eigenvalue weighted by atomic mass is 9.94. The molecule has 1 N–H and O–H groups in total. The second-order valence-electron chi connectivity index (χ2n) is 5.79. The number of nitrogens with one attached hydrogen (secondary N) is 1. The molecule has 0 amide bonds. The molecule has 0 aromatic rings. The van der Waals surface area contributed by atoms with Crippen molar-refractivity contribution in [1.82, 2.24) is 10.2 Å². The average molecular weight is 240 g/mol. The van der Waals surface area contributed by atoms with Crippen LogP contribution < -0.4 is 5.32 Å². The van der Waals surface area contributed by atoms with Crippen molar-refractivity contribution in [2.24, 2.45) is 5.92 Å². The van der Waals surface area contributed by atoms with Crippen molar-refractivity contribution in [3.8, 4) is 0 Å². The highest BCUT2D eigenvalue weighted by molar-refractivity contribution is 4.79. The fraction of sp³-hybridized carbons (Fsp3) is 1.00. The Morgan fingerprint density at radius 1 is 1.12 bits per heavy atom. The predicted octanol–water partition coefficient (Wildman–Crippen LogP) is 3.28. The molecule has 2 nitrogen and oxygen atoms in total. The summed E-state index contributed by atoms with van der Waals surface area (Å²) in [4.78, 5) is 2.68. The minimum absolute atomic E-state index is 0.743. The van der Waals surface area contributed by atoms with E-state index in [1.165, 1.54) is 64.7 Å². The van der Waals surface area contributed by atoms with Gasteiger partial charge in [-0.2, -0.15) is 0 Å². The van der Waals surface area contributed by atoms with Crippen LogP contribution in [-0.4, -0.2) is 37.1 Å². The summed E-state index contributed by atoms with van der Waals surface area (Å²) in [6, 6.07) is 0.743. The van der Waals surface area contributed by atoms with Crippen LogP contribution in [0.4, 0.5) is 0 Å². The van der Waals surface area contributed by atoms with Gasteiger partial charge in [-0.3, -0.25) is 0 Å². The zero-order valence-electron chi connectivity index (χ0n) is 12.2. The molecule has 0 radical (unpaired) electrons. The average Bonchev–Trinajstić information content (AvgIpc) is 2.32. The molecular formula is C15H32N2. The standard InChI is InChI=1S/C15H32N2/c1-4-6-10-17(11-7-5-2)13-15-12-14(3)8-9-16-15/h14-16H,4-13H2,1-3H3. The van der Waals surface area contributed by atoms with Gasteiger partial charge in [0, 0.05) is 12.6 Å². The lowest BCUT2D eigenvalue weighted by Gasteiger charge is -2.33. The van der Waals surface area contributed by atoms with Crippen LogP contribution >= 0.6 is 0 Å². The monoisotopic (exact) mass is 240 g/mol. The number of rotatable bonds is 8. The number of unbranched alkanes of at least 4 members (excludes halogenated alkanes) is 2. The van der Waals surface area contributed by atoms with E-state index in [9.17, 15) is 0 Å². The van der Waals surface area contributed by atoms with Crippen molar-refractivity contribution in [2.75, 3.05) is 26.2 Å². The van der Waals surface area contributed by atoms with Crippen molar-refractivity contribution in [1.29, 1.82) is 0 Å². The van der Waals surface area contributed by atoms with E-state index in [2.05, 4.69) is 31.0 Å². The van der Waals surface area contributed by atoms with Crippen LogP contribution in [0.15, 0.2) is 0 Å². The molecule has 1 rings (SSSR count). The van der Waals surface area contributed by atoms with E-state index in [0.29, 0.717) is 0 Å². The molecule has 17 heavy (non-hydrogen) atoms.